The van der Waals surface area contributed by atoms with E-state index in [0.29, 0.717) is 11.3 Å². The molecule has 6 nitrogen and oxygen atoms in total. The van der Waals surface area contributed by atoms with E-state index >= 15 is 0 Å². The van der Waals surface area contributed by atoms with Gasteiger partial charge in [0.15, 0.2) is 11.5 Å². The predicted octanol–water partition coefficient (Wildman–Crippen LogP) is 1.51. The summed E-state index contributed by atoms with van der Waals surface area (Å²) in [6.45, 7) is -0.332. The van der Waals surface area contributed by atoms with Crippen molar-refractivity contribution in [1.82, 2.24) is 0 Å². The summed E-state index contributed by atoms with van der Waals surface area (Å²) in [4.78, 5) is 0. The molecule has 0 radical (unpaired) electrons. The molecule has 0 saturated heterocycles. The number of hydrogen-bond acceptors (Lipinski definition) is 6. The highest BCUT2D eigenvalue weighted by atomic mass is 16.5. The number of rotatable bonds is 7. The maximum absolute atomic E-state index is 10.2. The van der Waals surface area contributed by atoms with Gasteiger partial charge in [-0.25, -0.2) is 0 Å². The molecule has 2 rings (SSSR count). The van der Waals surface area contributed by atoms with Crippen LogP contribution in [0.2, 0.25) is 0 Å². The fourth-order valence-corrected chi connectivity index (χ4v) is 2.06. The number of hydrogen-bond donors (Lipinski definition) is 4. The maximum atomic E-state index is 10.2. The second-order valence-electron chi connectivity index (χ2n) is 4.45. The van der Waals surface area contributed by atoms with Gasteiger partial charge in [0.25, 0.3) is 0 Å². The monoisotopic (exact) mass is 306 g/mol. The van der Waals surface area contributed by atoms with Crippen LogP contribution in [0.25, 0.3) is 11.1 Å². The molecule has 0 bridgehead atoms. The molecule has 0 unspecified atom stereocenters. The molecule has 2 aromatic rings. The van der Waals surface area contributed by atoms with Crippen molar-refractivity contribution in [2.75, 3.05) is 26.4 Å². The molecule has 118 valence electrons. The average Bonchev–Trinajstić information content (AvgIpc) is 2.53. The lowest BCUT2D eigenvalue weighted by atomic mass is 10.0. The summed E-state index contributed by atoms with van der Waals surface area (Å²) in [7, 11) is 0. The standard InChI is InChI=1S/C16H18O6/c17-7-9-21-14-6-5-13(20)15(16(14)22-10-8-18)11-3-1-2-4-12(11)19/h1-6,17-20H,7-10H2. The van der Waals surface area contributed by atoms with E-state index < -0.39 is 0 Å². The summed E-state index contributed by atoms with van der Waals surface area (Å²) in [5.74, 6) is 0.388. The van der Waals surface area contributed by atoms with Crippen molar-refractivity contribution < 1.29 is 29.9 Å². The molecule has 0 amide bonds. The average molecular weight is 306 g/mol. The van der Waals surface area contributed by atoms with Gasteiger partial charge >= 0.3 is 0 Å². The Bertz CT molecular complexity index is 626. The van der Waals surface area contributed by atoms with Crippen LogP contribution in [0.1, 0.15) is 0 Å². The van der Waals surface area contributed by atoms with Crippen LogP contribution >= 0.6 is 0 Å². The van der Waals surface area contributed by atoms with Crippen LogP contribution in [0.5, 0.6) is 23.0 Å². The molecule has 0 saturated carbocycles. The zero-order chi connectivity index (χ0) is 15.9. The first kappa shape index (κ1) is 15.9. The van der Waals surface area contributed by atoms with Crippen LogP contribution in [0.4, 0.5) is 0 Å². The number of aliphatic hydroxyl groups is 2. The smallest absolute Gasteiger partial charge is 0.172 e. The van der Waals surface area contributed by atoms with Gasteiger partial charge in [-0.15, -0.1) is 0 Å². The van der Waals surface area contributed by atoms with Gasteiger partial charge in [0.1, 0.15) is 24.7 Å². The Morgan fingerprint density at radius 3 is 2.14 bits per heavy atom. The van der Waals surface area contributed by atoms with E-state index in [1.165, 1.54) is 18.2 Å². The van der Waals surface area contributed by atoms with E-state index in [1.54, 1.807) is 18.2 Å². The number of aliphatic hydroxyl groups excluding tert-OH is 2. The fourth-order valence-electron chi connectivity index (χ4n) is 2.06. The van der Waals surface area contributed by atoms with Gasteiger partial charge in [-0.3, -0.25) is 0 Å². The summed E-state index contributed by atoms with van der Waals surface area (Å²) in [6, 6.07) is 9.42. The van der Waals surface area contributed by atoms with E-state index in [2.05, 4.69) is 0 Å². The minimum atomic E-state index is -0.213. The number of benzene rings is 2. The Balaban J connectivity index is 2.56. The summed E-state index contributed by atoms with van der Waals surface area (Å²) < 4.78 is 10.9. The first-order chi connectivity index (χ1) is 10.7. The molecule has 6 heteroatoms. The molecule has 0 spiro atoms. The van der Waals surface area contributed by atoms with Crippen molar-refractivity contribution in [2.24, 2.45) is 0 Å². The van der Waals surface area contributed by atoms with Crippen molar-refractivity contribution in [3.05, 3.63) is 36.4 Å². The molecule has 2 aromatic carbocycles. The molecular formula is C16H18O6. The van der Waals surface area contributed by atoms with Crippen LogP contribution < -0.4 is 9.47 Å². The normalized spacial score (nSPS) is 10.5. The molecule has 0 aromatic heterocycles. The lowest BCUT2D eigenvalue weighted by Gasteiger charge is -2.17. The first-order valence-corrected chi connectivity index (χ1v) is 6.80. The van der Waals surface area contributed by atoms with E-state index in [-0.39, 0.29) is 49.2 Å². The van der Waals surface area contributed by atoms with Gasteiger partial charge in [0.2, 0.25) is 0 Å². The van der Waals surface area contributed by atoms with Gasteiger partial charge < -0.3 is 29.9 Å². The summed E-state index contributed by atoms with van der Waals surface area (Å²) in [5, 5.41) is 38.0. The Kier molecular flexibility index (Phi) is 5.46. The van der Waals surface area contributed by atoms with Crippen molar-refractivity contribution >= 4 is 0 Å². The van der Waals surface area contributed by atoms with Gasteiger partial charge in [-0.2, -0.15) is 0 Å². The fraction of sp³-hybridized carbons (Fsp3) is 0.250. The Morgan fingerprint density at radius 1 is 0.773 bits per heavy atom. The zero-order valence-electron chi connectivity index (χ0n) is 11.9. The van der Waals surface area contributed by atoms with Crippen LogP contribution in [-0.4, -0.2) is 46.9 Å². The lowest BCUT2D eigenvalue weighted by Crippen LogP contribution is -2.07. The molecular weight excluding hydrogens is 288 g/mol. The molecule has 0 aliphatic rings. The minimum Gasteiger partial charge on any atom is -0.507 e. The van der Waals surface area contributed by atoms with Gasteiger partial charge in [-0.05, 0) is 18.2 Å². The maximum Gasteiger partial charge on any atom is 0.172 e. The molecule has 0 heterocycles. The summed E-state index contributed by atoms with van der Waals surface area (Å²) in [6.07, 6.45) is 0. The van der Waals surface area contributed by atoms with Crippen LogP contribution in [-0.2, 0) is 0 Å². The molecule has 22 heavy (non-hydrogen) atoms. The SMILES string of the molecule is OCCOc1ccc(O)c(-c2ccccc2O)c1OCCO. The third-order valence-electron chi connectivity index (χ3n) is 2.96. The third-order valence-corrected chi connectivity index (χ3v) is 2.96. The molecule has 0 aliphatic carbocycles. The number of phenols is 2. The molecule has 0 fully saturated rings. The molecule has 0 aliphatic heterocycles. The highest BCUT2D eigenvalue weighted by Gasteiger charge is 2.20. The first-order valence-electron chi connectivity index (χ1n) is 6.80. The van der Waals surface area contributed by atoms with Gasteiger partial charge in [-0.1, -0.05) is 18.2 Å². The highest BCUT2D eigenvalue weighted by Crippen LogP contribution is 2.46. The quantitative estimate of drug-likeness (QED) is 0.619. The van der Waals surface area contributed by atoms with Crippen molar-refractivity contribution in [3.8, 4) is 34.1 Å². The molecule has 0 atom stereocenters. The van der Waals surface area contributed by atoms with E-state index in [0.717, 1.165) is 0 Å². The van der Waals surface area contributed by atoms with Crippen LogP contribution in [0, 0.1) is 0 Å². The topological polar surface area (TPSA) is 99.4 Å². The number of ether oxygens (including phenoxy) is 2. The Hall–Kier alpha value is -2.44. The predicted molar refractivity (Wildman–Crippen MR) is 80.4 cm³/mol. The van der Waals surface area contributed by atoms with Gasteiger partial charge in [0.05, 0.1) is 18.8 Å². The molecule has 4 N–H and O–H groups in total. The number of phenolic OH excluding ortho intramolecular Hbond substituents is 2. The zero-order valence-corrected chi connectivity index (χ0v) is 11.9. The number of aromatic hydroxyl groups is 2. The van der Waals surface area contributed by atoms with Crippen molar-refractivity contribution in [1.29, 1.82) is 0 Å². The lowest BCUT2D eigenvalue weighted by molar-refractivity contribution is 0.178. The van der Waals surface area contributed by atoms with Crippen LogP contribution in [0.15, 0.2) is 36.4 Å². The Morgan fingerprint density at radius 2 is 1.45 bits per heavy atom. The Labute approximate surface area is 127 Å². The van der Waals surface area contributed by atoms with Gasteiger partial charge in [0, 0.05) is 5.56 Å². The van der Waals surface area contributed by atoms with E-state index in [9.17, 15) is 10.2 Å². The minimum absolute atomic E-state index is 0.000462. The van der Waals surface area contributed by atoms with E-state index in [4.69, 9.17) is 19.7 Å². The third kappa shape index (κ3) is 3.41. The summed E-state index contributed by atoms with van der Waals surface area (Å²) >= 11 is 0. The second kappa shape index (κ2) is 7.53. The summed E-state index contributed by atoms with van der Waals surface area (Å²) in [5.41, 5.74) is 0.643. The van der Waals surface area contributed by atoms with Crippen molar-refractivity contribution in [2.45, 2.75) is 0 Å². The second-order valence-corrected chi connectivity index (χ2v) is 4.45. The van der Waals surface area contributed by atoms with E-state index in [1.807, 2.05) is 0 Å². The highest BCUT2D eigenvalue weighted by molar-refractivity contribution is 5.83. The largest absolute Gasteiger partial charge is 0.507 e. The van der Waals surface area contributed by atoms with Crippen LogP contribution in [0.3, 0.4) is 0 Å². The van der Waals surface area contributed by atoms with Crippen molar-refractivity contribution in [3.63, 3.8) is 0 Å². The number of para-hydroxylation sites is 1.